The Hall–Kier alpha value is -1.55. The summed E-state index contributed by atoms with van der Waals surface area (Å²) in [6, 6.07) is 3.90. The monoisotopic (exact) mass is 216 g/mol. The maximum Gasteiger partial charge on any atom is 0.116 e. The molecule has 2 aromatic rings. The second-order valence-electron chi connectivity index (χ2n) is 4.40. The van der Waals surface area contributed by atoms with Crippen LogP contribution in [0.4, 0.5) is 5.69 Å². The van der Waals surface area contributed by atoms with Crippen molar-refractivity contribution in [3.05, 3.63) is 30.4 Å². The number of pyridine rings is 1. The van der Waals surface area contributed by atoms with Gasteiger partial charge in [-0.2, -0.15) is 0 Å². The van der Waals surface area contributed by atoms with Gasteiger partial charge in [0.15, 0.2) is 0 Å². The van der Waals surface area contributed by atoms with E-state index >= 15 is 0 Å². The van der Waals surface area contributed by atoms with Crippen molar-refractivity contribution in [2.45, 2.75) is 18.8 Å². The lowest BCUT2D eigenvalue weighted by Gasteiger charge is -2.21. The molecule has 4 heteroatoms. The lowest BCUT2D eigenvalue weighted by atomic mass is 9.97. The van der Waals surface area contributed by atoms with Crippen LogP contribution in [-0.4, -0.2) is 22.5 Å². The van der Waals surface area contributed by atoms with Crippen molar-refractivity contribution in [1.82, 2.24) is 14.7 Å². The number of piperidine rings is 1. The van der Waals surface area contributed by atoms with E-state index in [2.05, 4.69) is 14.7 Å². The molecule has 0 saturated carbocycles. The predicted molar refractivity (Wildman–Crippen MR) is 64.4 cm³/mol. The molecule has 0 atom stereocenters. The Morgan fingerprint density at radius 1 is 1.38 bits per heavy atom. The molecular weight excluding hydrogens is 200 g/mol. The van der Waals surface area contributed by atoms with Crippen molar-refractivity contribution in [3.63, 3.8) is 0 Å². The lowest BCUT2D eigenvalue weighted by Crippen LogP contribution is -2.27. The summed E-state index contributed by atoms with van der Waals surface area (Å²) in [7, 11) is 0. The number of anilines is 1. The normalized spacial score (nSPS) is 18.0. The van der Waals surface area contributed by atoms with E-state index < -0.39 is 0 Å². The minimum atomic E-state index is 0.576. The highest BCUT2D eigenvalue weighted by Crippen LogP contribution is 2.25. The van der Waals surface area contributed by atoms with Gasteiger partial charge in [-0.1, -0.05) is 0 Å². The van der Waals surface area contributed by atoms with Gasteiger partial charge in [-0.3, -0.25) is 0 Å². The van der Waals surface area contributed by atoms with E-state index in [-0.39, 0.29) is 0 Å². The Balaban J connectivity index is 2.03. The number of fused-ring (bicyclic) bond motifs is 1. The molecule has 0 radical (unpaired) electrons. The standard InChI is InChI=1S/C12H16N4/c13-10-3-6-16-11(7-10)8-15-12(16)9-1-4-14-5-2-9/h3,6-9,14H,1-2,4-5,13H2. The first kappa shape index (κ1) is 9.66. The first-order chi connectivity index (χ1) is 7.84. The Kier molecular flexibility index (Phi) is 2.29. The van der Waals surface area contributed by atoms with Crippen LogP contribution in [0.15, 0.2) is 24.5 Å². The Bertz CT molecular complexity index is 497. The fourth-order valence-electron chi connectivity index (χ4n) is 2.42. The van der Waals surface area contributed by atoms with E-state index in [1.165, 1.54) is 18.7 Å². The molecule has 3 rings (SSSR count). The van der Waals surface area contributed by atoms with Crippen molar-refractivity contribution in [3.8, 4) is 0 Å². The molecule has 3 N–H and O–H groups in total. The highest BCUT2D eigenvalue weighted by Gasteiger charge is 2.19. The van der Waals surface area contributed by atoms with Gasteiger partial charge in [-0.15, -0.1) is 0 Å². The molecule has 1 fully saturated rings. The second kappa shape index (κ2) is 3.79. The highest BCUT2D eigenvalue weighted by atomic mass is 15.0. The number of imidazole rings is 1. The SMILES string of the molecule is Nc1ccn2c(C3CCNCC3)ncc2c1. The molecule has 16 heavy (non-hydrogen) atoms. The molecule has 84 valence electrons. The largest absolute Gasteiger partial charge is 0.399 e. The molecule has 1 aliphatic heterocycles. The van der Waals surface area contributed by atoms with Gasteiger partial charge in [0.25, 0.3) is 0 Å². The van der Waals surface area contributed by atoms with Crippen molar-refractivity contribution in [2.75, 3.05) is 18.8 Å². The maximum atomic E-state index is 5.76. The Labute approximate surface area is 94.5 Å². The quantitative estimate of drug-likeness (QED) is 0.757. The van der Waals surface area contributed by atoms with Crippen molar-refractivity contribution in [1.29, 1.82) is 0 Å². The van der Waals surface area contributed by atoms with E-state index in [0.717, 1.165) is 24.3 Å². The number of nitrogens with one attached hydrogen (secondary N) is 1. The summed E-state index contributed by atoms with van der Waals surface area (Å²) < 4.78 is 2.16. The van der Waals surface area contributed by atoms with Crippen LogP contribution in [0.2, 0.25) is 0 Å². The molecule has 3 heterocycles. The van der Waals surface area contributed by atoms with Crippen molar-refractivity contribution < 1.29 is 0 Å². The summed E-state index contributed by atoms with van der Waals surface area (Å²) in [6.07, 6.45) is 6.27. The zero-order chi connectivity index (χ0) is 11.0. The zero-order valence-corrected chi connectivity index (χ0v) is 9.19. The average Bonchev–Trinajstić information content (AvgIpc) is 2.73. The fraction of sp³-hybridized carbons (Fsp3) is 0.417. The molecule has 2 aromatic heterocycles. The summed E-state index contributed by atoms with van der Waals surface area (Å²) >= 11 is 0. The Morgan fingerprint density at radius 3 is 3.00 bits per heavy atom. The maximum absolute atomic E-state index is 5.76. The fourth-order valence-corrected chi connectivity index (χ4v) is 2.42. The van der Waals surface area contributed by atoms with Crippen molar-refractivity contribution in [2.24, 2.45) is 0 Å². The van der Waals surface area contributed by atoms with Crippen LogP contribution in [0.1, 0.15) is 24.6 Å². The summed E-state index contributed by atoms with van der Waals surface area (Å²) in [6.45, 7) is 2.18. The third-order valence-corrected chi connectivity index (χ3v) is 3.29. The van der Waals surface area contributed by atoms with Crippen LogP contribution in [0.3, 0.4) is 0 Å². The minimum Gasteiger partial charge on any atom is -0.399 e. The van der Waals surface area contributed by atoms with Gasteiger partial charge in [-0.25, -0.2) is 4.98 Å². The van der Waals surface area contributed by atoms with Crippen LogP contribution in [0.5, 0.6) is 0 Å². The first-order valence-corrected chi connectivity index (χ1v) is 5.78. The molecule has 0 amide bonds. The molecule has 0 aliphatic carbocycles. The van der Waals surface area contributed by atoms with Gasteiger partial charge in [-0.05, 0) is 38.1 Å². The molecule has 0 unspecified atom stereocenters. The molecule has 1 aliphatic rings. The topological polar surface area (TPSA) is 55.4 Å². The van der Waals surface area contributed by atoms with Gasteiger partial charge in [0.1, 0.15) is 5.82 Å². The highest BCUT2D eigenvalue weighted by molar-refractivity contribution is 5.56. The number of hydrogen-bond acceptors (Lipinski definition) is 3. The third-order valence-electron chi connectivity index (χ3n) is 3.29. The first-order valence-electron chi connectivity index (χ1n) is 5.78. The van der Waals surface area contributed by atoms with E-state index in [0.29, 0.717) is 5.92 Å². The molecule has 4 nitrogen and oxygen atoms in total. The van der Waals surface area contributed by atoms with Gasteiger partial charge in [0.05, 0.1) is 11.7 Å². The number of rotatable bonds is 1. The van der Waals surface area contributed by atoms with E-state index in [9.17, 15) is 0 Å². The van der Waals surface area contributed by atoms with Crippen LogP contribution in [0, 0.1) is 0 Å². The van der Waals surface area contributed by atoms with Crippen LogP contribution >= 0.6 is 0 Å². The van der Waals surface area contributed by atoms with Crippen LogP contribution in [-0.2, 0) is 0 Å². The molecule has 1 saturated heterocycles. The van der Waals surface area contributed by atoms with Crippen molar-refractivity contribution >= 4 is 11.2 Å². The molecule has 0 aromatic carbocycles. The number of nitrogen functional groups attached to an aromatic ring is 1. The zero-order valence-electron chi connectivity index (χ0n) is 9.19. The lowest BCUT2D eigenvalue weighted by molar-refractivity contribution is 0.444. The van der Waals surface area contributed by atoms with Crippen LogP contribution in [0.25, 0.3) is 5.52 Å². The summed E-state index contributed by atoms with van der Waals surface area (Å²) in [5.74, 6) is 1.75. The number of nitrogens with zero attached hydrogens (tertiary/aromatic N) is 2. The van der Waals surface area contributed by atoms with Gasteiger partial charge >= 0.3 is 0 Å². The average molecular weight is 216 g/mol. The molecule has 0 spiro atoms. The summed E-state index contributed by atoms with van der Waals surface area (Å²) in [5, 5.41) is 3.38. The third kappa shape index (κ3) is 1.55. The summed E-state index contributed by atoms with van der Waals surface area (Å²) in [4.78, 5) is 4.54. The second-order valence-corrected chi connectivity index (χ2v) is 4.40. The minimum absolute atomic E-state index is 0.576. The predicted octanol–water partition coefficient (Wildman–Crippen LogP) is 1.38. The van der Waals surface area contributed by atoms with E-state index in [1.54, 1.807) is 0 Å². The van der Waals surface area contributed by atoms with Gasteiger partial charge < -0.3 is 15.5 Å². The summed E-state index contributed by atoms with van der Waals surface area (Å²) in [5.41, 5.74) is 7.65. The number of nitrogens with two attached hydrogens (primary N) is 1. The number of hydrogen-bond donors (Lipinski definition) is 2. The number of aromatic nitrogens is 2. The van der Waals surface area contributed by atoms with Gasteiger partial charge in [0.2, 0.25) is 0 Å². The smallest absolute Gasteiger partial charge is 0.116 e. The Morgan fingerprint density at radius 2 is 2.19 bits per heavy atom. The molecule has 0 bridgehead atoms. The van der Waals surface area contributed by atoms with E-state index in [1.807, 2.05) is 24.5 Å². The molecular formula is C12H16N4. The van der Waals surface area contributed by atoms with E-state index in [4.69, 9.17) is 5.73 Å². The van der Waals surface area contributed by atoms with Gasteiger partial charge in [0, 0.05) is 17.8 Å². The van der Waals surface area contributed by atoms with Crippen LogP contribution < -0.4 is 11.1 Å².